The van der Waals surface area contributed by atoms with Crippen molar-refractivity contribution in [2.75, 3.05) is 19.6 Å². The Morgan fingerprint density at radius 2 is 1.31 bits per heavy atom. The van der Waals surface area contributed by atoms with Crippen molar-refractivity contribution in [2.24, 2.45) is 5.73 Å². The molecule has 0 atom stereocenters. The SMILES string of the molecule is C=C(C)CNC(=C)CNC(=C)CNC(=C)N. The summed E-state index contributed by atoms with van der Waals surface area (Å²) in [7, 11) is 0. The van der Waals surface area contributed by atoms with Crippen LogP contribution in [0.5, 0.6) is 0 Å². The second-order valence-corrected chi connectivity index (χ2v) is 3.75. The molecule has 0 bridgehead atoms. The van der Waals surface area contributed by atoms with Gasteiger partial charge in [0.1, 0.15) is 0 Å². The Labute approximate surface area is 98.0 Å². The molecule has 0 spiro atoms. The predicted molar refractivity (Wildman–Crippen MR) is 70.4 cm³/mol. The van der Waals surface area contributed by atoms with Crippen molar-refractivity contribution < 1.29 is 0 Å². The number of rotatable bonds is 9. The van der Waals surface area contributed by atoms with E-state index in [-0.39, 0.29) is 0 Å². The molecule has 0 saturated heterocycles. The largest absolute Gasteiger partial charge is 0.386 e. The van der Waals surface area contributed by atoms with Crippen LogP contribution in [0.3, 0.4) is 0 Å². The van der Waals surface area contributed by atoms with Gasteiger partial charge in [0.15, 0.2) is 0 Å². The van der Waals surface area contributed by atoms with Gasteiger partial charge in [0.05, 0.1) is 18.9 Å². The van der Waals surface area contributed by atoms with Gasteiger partial charge in [-0.15, -0.1) is 0 Å². The number of nitrogens with one attached hydrogen (secondary N) is 3. The van der Waals surface area contributed by atoms with Crippen LogP contribution in [0.1, 0.15) is 6.92 Å². The molecule has 0 amide bonds. The zero-order valence-corrected chi connectivity index (χ0v) is 10.0. The van der Waals surface area contributed by atoms with Crippen molar-refractivity contribution in [3.63, 3.8) is 0 Å². The molecule has 0 aliphatic carbocycles. The molecule has 0 heterocycles. The first-order valence-electron chi connectivity index (χ1n) is 5.07. The lowest BCUT2D eigenvalue weighted by Gasteiger charge is -2.14. The predicted octanol–water partition coefficient (Wildman–Crippen LogP) is 0.789. The molecule has 5 N–H and O–H groups in total. The van der Waals surface area contributed by atoms with Crippen LogP contribution in [0.4, 0.5) is 0 Å². The minimum absolute atomic E-state index is 0.433. The van der Waals surface area contributed by atoms with E-state index in [2.05, 4.69) is 42.3 Å². The van der Waals surface area contributed by atoms with Crippen LogP contribution in [0.15, 0.2) is 49.1 Å². The van der Waals surface area contributed by atoms with Crippen molar-refractivity contribution in [3.8, 4) is 0 Å². The van der Waals surface area contributed by atoms with Crippen LogP contribution in [-0.4, -0.2) is 19.6 Å². The third kappa shape index (κ3) is 8.74. The van der Waals surface area contributed by atoms with Gasteiger partial charge in [-0.05, 0) is 6.92 Å². The zero-order valence-electron chi connectivity index (χ0n) is 10.0. The fourth-order valence-electron chi connectivity index (χ4n) is 0.853. The molecule has 0 aliphatic heterocycles. The van der Waals surface area contributed by atoms with Gasteiger partial charge >= 0.3 is 0 Å². The highest BCUT2D eigenvalue weighted by atomic mass is 15.0. The Morgan fingerprint density at radius 1 is 0.875 bits per heavy atom. The van der Waals surface area contributed by atoms with Gasteiger partial charge in [0, 0.05) is 17.9 Å². The van der Waals surface area contributed by atoms with E-state index in [1.807, 2.05) is 6.92 Å². The molecule has 0 radical (unpaired) electrons. The molecule has 0 saturated carbocycles. The molecule has 0 unspecified atom stereocenters. The molecular formula is C12H22N4. The van der Waals surface area contributed by atoms with Crippen LogP contribution >= 0.6 is 0 Å². The lowest BCUT2D eigenvalue weighted by atomic mass is 10.3. The van der Waals surface area contributed by atoms with Gasteiger partial charge in [0.25, 0.3) is 0 Å². The van der Waals surface area contributed by atoms with E-state index in [1.54, 1.807) is 0 Å². The normalized spacial score (nSPS) is 9.06. The molecule has 0 rings (SSSR count). The Hall–Kier alpha value is -1.84. The second kappa shape index (κ2) is 7.45. The maximum Gasteiger partial charge on any atom is 0.0889 e. The third-order valence-corrected chi connectivity index (χ3v) is 1.72. The maximum atomic E-state index is 5.36. The Bertz CT molecular complexity index is 261. The van der Waals surface area contributed by atoms with Crippen molar-refractivity contribution in [3.05, 3.63) is 49.1 Å². The highest BCUT2D eigenvalue weighted by Gasteiger charge is 1.96. The molecule has 90 valence electrons. The van der Waals surface area contributed by atoms with Crippen LogP contribution < -0.4 is 21.7 Å². The molecule has 0 fully saturated rings. The minimum Gasteiger partial charge on any atom is -0.386 e. The first-order valence-corrected chi connectivity index (χ1v) is 5.07. The summed E-state index contributed by atoms with van der Waals surface area (Å²) in [6, 6.07) is 0. The summed E-state index contributed by atoms with van der Waals surface area (Å²) >= 11 is 0. The fraction of sp³-hybridized carbons (Fsp3) is 0.333. The summed E-state index contributed by atoms with van der Waals surface area (Å²) in [4.78, 5) is 0. The smallest absolute Gasteiger partial charge is 0.0889 e. The van der Waals surface area contributed by atoms with Gasteiger partial charge in [-0.2, -0.15) is 0 Å². The molecule has 4 heteroatoms. The Kier molecular flexibility index (Phi) is 6.59. The monoisotopic (exact) mass is 222 g/mol. The Balaban J connectivity index is 3.63. The summed E-state index contributed by atoms with van der Waals surface area (Å²) in [6.07, 6.45) is 0. The molecular weight excluding hydrogens is 200 g/mol. The molecule has 0 aromatic carbocycles. The first-order chi connectivity index (χ1) is 7.41. The second-order valence-electron chi connectivity index (χ2n) is 3.75. The van der Waals surface area contributed by atoms with Gasteiger partial charge in [-0.1, -0.05) is 31.9 Å². The Morgan fingerprint density at radius 3 is 1.75 bits per heavy atom. The zero-order chi connectivity index (χ0) is 12.6. The maximum absolute atomic E-state index is 5.36. The molecule has 0 aliphatic rings. The summed E-state index contributed by atoms with van der Waals surface area (Å²) in [6.45, 7) is 18.9. The van der Waals surface area contributed by atoms with Crippen molar-refractivity contribution >= 4 is 0 Å². The summed E-state index contributed by atoms with van der Waals surface area (Å²) in [5, 5.41) is 9.13. The summed E-state index contributed by atoms with van der Waals surface area (Å²) < 4.78 is 0. The van der Waals surface area contributed by atoms with Crippen LogP contribution in [0.2, 0.25) is 0 Å². The number of hydrogen-bond donors (Lipinski definition) is 4. The van der Waals surface area contributed by atoms with Crippen molar-refractivity contribution in [1.82, 2.24) is 16.0 Å². The number of hydrogen-bond acceptors (Lipinski definition) is 4. The lowest BCUT2D eigenvalue weighted by Crippen LogP contribution is -2.30. The molecule has 0 aromatic heterocycles. The summed E-state index contributed by atoms with van der Waals surface area (Å²) in [5.41, 5.74) is 8.17. The molecule has 16 heavy (non-hydrogen) atoms. The molecule has 4 nitrogen and oxygen atoms in total. The van der Waals surface area contributed by atoms with E-state index in [4.69, 9.17) is 5.73 Å². The van der Waals surface area contributed by atoms with Gasteiger partial charge in [-0.25, -0.2) is 0 Å². The van der Waals surface area contributed by atoms with Crippen LogP contribution in [0.25, 0.3) is 0 Å². The van der Waals surface area contributed by atoms with Gasteiger partial charge in [0.2, 0.25) is 0 Å². The van der Waals surface area contributed by atoms with E-state index in [9.17, 15) is 0 Å². The van der Waals surface area contributed by atoms with Gasteiger partial charge < -0.3 is 21.7 Å². The highest BCUT2D eigenvalue weighted by molar-refractivity contribution is 5.05. The summed E-state index contributed by atoms with van der Waals surface area (Å²) in [5.74, 6) is 0.433. The third-order valence-electron chi connectivity index (χ3n) is 1.72. The van der Waals surface area contributed by atoms with E-state index >= 15 is 0 Å². The van der Waals surface area contributed by atoms with Gasteiger partial charge in [-0.3, -0.25) is 0 Å². The first kappa shape index (κ1) is 14.2. The highest BCUT2D eigenvalue weighted by Crippen LogP contribution is 1.89. The van der Waals surface area contributed by atoms with E-state index in [0.29, 0.717) is 18.9 Å². The van der Waals surface area contributed by atoms with Crippen molar-refractivity contribution in [2.45, 2.75) is 6.92 Å². The van der Waals surface area contributed by atoms with Crippen molar-refractivity contribution in [1.29, 1.82) is 0 Å². The van der Waals surface area contributed by atoms with Crippen LogP contribution in [0, 0.1) is 0 Å². The minimum atomic E-state index is 0.433. The lowest BCUT2D eigenvalue weighted by molar-refractivity contribution is 0.734. The topological polar surface area (TPSA) is 62.1 Å². The van der Waals surface area contributed by atoms with Crippen LogP contribution in [-0.2, 0) is 0 Å². The van der Waals surface area contributed by atoms with E-state index in [0.717, 1.165) is 23.5 Å². The molecule has 0 aromatic rings. The average molecular weight is 222 g/mol. The number of nitrogens with two attached hydrogens (primary N) is 1. The van der Waals surface area contributed by atoms with E-state index in [1.165, 1.54) is 0 Å². The quantitative estimate of drug-likeness (QED) is 0.436. The fourth-order valence-corrected chi connectivity index (χ4v) is 0.853. The average Bonchev–Trinajstić information content (AvgIpc) is 2.20. The standard InChI is InChI=1S/C12H22N4/c1-9(2)6-14-10(3)7-15-11(4)8-16-12(5)13/h14-16H,1,3-8,13H2,2H3. The van der Waals surface area contributed by atoms with E-state index < -0.39 is 0 Å².